The molecule has 0 amide bonds. The van der Waals surface area contributed by atoms with Crippen LogP contribution in [0.3, 0.4) is 0 Å². The van der Waals surface area contributed by atoms with Crippen LogP contribution >= 0.6 is 0 Å². The number of nitrogens with two attached hydrogens (primary N) is 1. The molecule has 1 atom stereocenters. The third kappa shape index (κ3) is 4.86. The van der Waals surface area contributed by atoms with Crippen molar-refractivity contribution in [1.29, 1.82) is 0 Å². The van der Waals surface area contributed by atoms with E-state index in [4.69, 9.17) is 5.73 Å². The SMILES string of the molecule is Cc1cc(CN)ccc1S(=O)(=O)NC(C)CCN(C)C. The van der Waals surface area contributed by atoms with Crippen LogP contribution in [0.5, 0.6) is 0 Å². The first-order valence-electron chi connectivity index (χ1n) is 6.73. The number of hydrogen-bond acceptors (Lipinski definition) is 4. The van der Waals surface area contributed by atoms with E-state index in [1.54, 1.807) is 19.1 Å². The van der Waals surface area contributed by atoms with Gasteiger partial charge in [0.25, 0.3) is 0 Å². The summed E-state index contributed by atoms with van der Waals surface area (Å²) in [4.78, 5) is 2.36. The van der Waals surface area contributed by atoms with Crippen molar-refractivity contribution in [1.82, 2.24) is 9.62 Å². The van der Waals surface area contributed by atoms with Gasteiger partial charge in [0.15, 0.2) is 0 Å². The molecule has 1 rings (SSSR count). The normalized spacial score (nSPS) is 13.7. The fourth-order valence-corrected chi connectivity index (χ4v) is 3.48. The van der Waals surface area contributed by atoms with Gasteiger partial charge in [-0.3, -0.25) is 0 Å². The van der Waals surface area contributed by atoms with Crippen molar-refractivity contribution in [2.24, 2.45) is 5.73 Å². The van der Waals surface area contributed by atoms with E-state index in [1.807, 2.05) is 32.0 Å². The summed E-state index contributed by atoms with van der Waals surface area (Å²) in [7, 11) is 0.466. The lowest BCUT2D eigenvalue weighted by Gasteiger charge is -2.18. The molecule has 1 aromatic rings. The summed E-state index contributed by atoms with van der Waals surface area (Å²) in [5, 5.41) is 0. The fourth-order valence-electron chi connectivity index (χ4n) is 1.98. The molecule has 0 aliphatic rings. The molecule has 0 aliphatic carbocycles. The van der Waals surface area contributed by atoms with Crippen LogP contribution in [-0.2, 0) is 16.6 Å². The first-order valence-corrected chi connectivity index (χ1v) is 8.21. The molecule has 0 saturated carbocycles. The van der Waals surface area contributed by atoms with Gasteiger partial charge in [0.1, 0.15) is 0 Å². The van der Waals surface area contributed by atoms with Gasteiger partial charge in [-0.1, -0.05) is 12.1 Å². The van der Waals surface area contributed by atoms with Gasteiger partial charge >= 0.3 is 0 Å². The van der Waals surface area contributed by atoms with Crippen molar-refractivity contribution in [2.75, 3.05) is 20.6 Å². The highest BCUT2D eigenvalue weighted by molar-refractivity contribution is 7.89. The van der Waals surface area contributed by atoms with Crippen LogP contribution in [-0.4, -0.2) is 40.0 Å². The molecule has 0 heterocycles. The Bertz CT molecular complexity index is 541. The second-order valence-electron chi connectivity index (χ2n) is 5.42. The highest BCUT2D eigenvalue weighted by Crippen LogP contribution is 2.17. The molecule has 0 spiro atoms. The van der Waals surface area contributed by atoms with Gasteiger partial charge in [0.05, 0.1) is 4.90 Å². The Balaban J connectivity index is 2.83. The first kappa shape index (κ1) is 17.1. The largest absolute Gasteiger partial charge is 0.326 e. The Morgan fingerprint density at radius 2 is 2.00 bits per heavy atom. The van der Waals surface area contributed by atoms with Gasteiger partial charge in [-0.25, -0.2) is 13.1 Å². The second kappa shape index (κ2) is 7.17. The van der Waals surface area contributed by atoms with Crippen LogP contribution < -0.4 is 10.5 Å². The molecule has 3 N–H and O–H groups in total. The smallest absolute Gasteiger partial charge is 0.241 e. The number of nitrogens with one attached hydrogen (secondary N) is 1. The van der Waals surface area contributed by atoms with Crippen molar-refractivity contribution >= 4 is 10.0 Å². The van der Waals surface area contributed by atoms with Gasteiger partial charge in [0.2, 0.25) is 10.0 Å². The molecule has 20 heavy (non-hydrogen) atoms. The summed E-state index contributed by atoms with van der Waals surface area (Å²) in [6.45, 7) is 4.92. The summed E-state index contributed by atoms with van der Waals surface area (Å²) in [6, 6.07) is 5.10. The van der Waals surface area contributed by atoms with Gasteiger partial charge in [-0.2, -0.15) is 0 Å². The molecule has 0 aliphatic heterocycles. The third-order valence-electron chi connectivity index (χ3n) is 3.13. The standard InChI is InChI=1S/C14H25N3O2S/c1-11-9-13(10-15)5-6-14(11)20(18,19)16-12(2)7-8-17(3)4/h5-6,9,12,16H,7-8,10,15H2,1-4H3. The summed E-state index contributed by atoms with van der Waals surface area (Å²) < 4.78 is 27.4. The summed E-state index contributed by atoms with van der Waals surface area (Å²) in [6.07, 6.45) is 0.770. The minimum atomic E-state index is -3.47. The molecule has 1 aromatic carbocycles. The number of hydrogen-bond donors (Lipinski definition) is 2. The Hall–Kier alpha value is -0.950. The molecule has 0 radical (unpaired) electrons. The predicted octanol–water partition coefficient (Wildman–Crippen LogP) is 1.07. The number of benzene rings is 1. The molecule has 1 unspecified atom stereocenters. The molecule has 5 nitrogen and oxygen atoms in total. The maximum absolute atomic E-state index is 12.4. The maximum Gasteiger partial charge on any atom is 0.241 e. The lowest BCUT2D eigenvalue weighted by molar-refractivity contribution is 0.379. The summed E-state index contributed by atoms with van der Waals surface area (Å²) in [5.41, 5.74) is 7.21. The van der Waals surface area contributed by atoms with Gasteiger partial charge in [0, 0.05) is 12.6 Å². The van der Waals surface area contributed by atoms with Crippen molar-refractivity contribution in [3.05, 3.63) is 29.3 Å². The minimum Gasteiger partial charge on any atom is -0.326 e. The number of rotatable bonds is 7. The zero-order valence-electron chi connectivity index (χ0n) is 12.7. The van der Waals surface area contributed by atoms with Crippen LogP contribution in [0.15, 0.2) is 23.1 Å². The summed E-state index contributed by atoms with van der Waals surface area (Å²) >= 11 is 0. The fraction of sp³-hybridized carbons (Fsp3) is 0.571. The van der Waals surface area contributed by atoms with Crippen LogP contribution in [0.2, 0.25) is 0 Å². The Morgan fingerprint density at radius 3 is 2.50 bits per heavy atom. The average molecular weight is 299 g/mol. The van der Waals surface area contributed by atoms with Crippen molar-refractivity contribution in [3.63, 3.8) is 0 Å². The van der Waals surface area contributed by atoms with Crippen LogP contribution in [0.4, 0.5) is 0 Å². The van der Waals surface area contributed by atoms with Crippen LogP contribution in [0.25, 0.3) is 0 Å². The quantitative estimate of drug-likeness (QED) is 0.790. The molecular formula is C14H25N3O2S. The molecule has 114 valence electrons. The minimum absolute atomic E-state index is 0.101. The van der Waals surface area contributed by atoms with Gasteiger partial charge in [-0.15, -0.1) is 0 Å². The average Bonchev–Trinajstić information content (AvgIpc) is 2.35. The lowest BCUT2D eigenvalue weighted by Crippen LogP contribution is -2.35. The zero-order valence-corrected chi connectivity index (χ0v) is 13.5. The zero-order chi connectivity index (χ0) is 15.3. The monoisotopic (exact) mass is 299 g/mol. The lowest BCUT2D eigenvalue weighted by atomic mass is 10.1. The highest BCUT2D eigenvalue weighted by Gasteiger charge is 2.19. The molecule has 0 aromatic heterocycles. The van der Waals surface area contributed by atoms with Gasteiger partial charge in [-0.05, 0) is 58.1 Å². The molecule has 0 bridgehead atoms. The van der Waals surface area contributed by atoms with Crippen molar-refractivity contribution in [2.45, 2.75) is 37.8 Å². The van der Waals surface area contributed by atoms with E-state index >= 15 is 0 Å². The second-order valence-corrected chi connectivity index (χ2v) is 7.10. The van der Waals surface area contributed by atoms with E-state index in [0.29, 0.717) is 11.4 Å². The maximum atomic E-state index is 12.4. The summed E-state index contributed by atoms with van der Waals surface area (Å²) in [5.74, 6) is 0. The van der Waals surface area contributed by atoms with Crippen molar-refractivity contribution < 1.29 is 8.42 Å². The molecule has 0 fully saturated rings. The first-order chi connectivity index (χ1) is 9.26. The van der Waals surface area contributed by atoms with E-state index in [0.717, 1.165) is 24.1 Å². The molecular weight excluding hydrogens is 274 g/mol. The Kier molecular flexibility index (Phi) is 6.13. The van der Waals surface area contributed by atoms with Crippen LogP contribution in [0, 0.1) is 6.92 Å². The number of sulfonamides is 1. The highest BCUT2D eigenvalue weighted by atomic mass is 32.2. The Labute approximate surface area is 122 Å². The van der Waals surface area contributed by atoms with E-state index in [2.05, 4.69) is 4.72 Å². The molecule has 0 saturated heterocycles. The molecule has 6 heteroatoms. The van der Waals surface area contributed by atoms with E-state index in [1.165, 1.54) is 0 Å². The van der Waals surface area contributed by atoms with E-state index < -0.39 is 10.0 Å². The number of aryl methyl sites for hydroxylation is 1. The predicted molar refractivity (Wildman–Crippen MR) is 82.0 cm³/mol. The topological polar surface area (TPSA) is 75.4 Å². The van der Waals surface area contributed by atoms with Crippen molar-refractivity contribution in [3.8, 4) is 0 Å². The third-order valence-corrected chi connectivity index (χ3v) is 4.88. The number of nitrogens with zero attached hydrogens (tertiary/aromatic N) is 1. The Morgan fingerprint density at radius 1 is 1.35 bits per heavy atom. The van der Waals surface area contributed by atoms with Crippen LogP contribution in [0.1, 0.15) is 24.5 Å². The van der Waals surface area contributed by atoms with Gasteiger partial charge < -0.3 is 10.6 Å². The van der Waals surface area contributed by atoms with E-state index in [-0.39, 0.29) is 6.04 Å². The van der Waals surface area contributed by atoms with E-state index in [9.17, 15) is 8.42 Å².